The summed E-state index contributed by atoms with van der Waals surface area (Å²) in [5.41, 5.74) is 2.94. The first-order valence-corrected chi connectivity index (χ1v) is 6.26. The summed E-state index contributed by atoms with van der Waals surface area (Å²) >= 11 is 0. The minimum absolute atomic E-state index is 0.375. The number of H-pyrrole nitrogens is 1. The van der Waals surface area contributed by atoms with Gasteiger partial charge in [-0.05, 0) is 18.6 Å². The number of hydrogen-bond acceptors (Lipinski definition) is 4. The number of esters is 1. The highest BCUT2D eigenvalue weighted by Crippen LogP contribution is 2.36. The number of aromatic amines is 1. The lowest BCUT2D eigenvalue weighted by molar-refractivity contribution is -0.147. The molecule has 1 aromatic carbocycles. The summed E-state index contributed by atoms with van der Waals surface area (Å²) in [7, 11) is 1.31. The van der Waals surface area contributed by atoms with Crippen molar-refractivity contribution in [2.75, 3.05) is 7.11 Å². The molecule has 5 nitrogen and oxygen atoms in total. The number of nitrogens with zero attached hydrogens (tertiary/aromatic N) is 1. The van der Waals surface area contributed by atoms with Crippen molar-refractivity contribution in [2.24, 2.45) is 0 Å². The SMILES string of the molecule is COC(=O)[C@@H]1Cc2c([nH]c3ccccc23)[C@H](C)N1[O-]. The summed E-state index contributed by atoms with van der Waals surface area (Å²) in [5, 5.41) is 14.1. The van der Waals surface area contributed by atoms with E-state index in [9.17, 15) is 10.0 Å². The number of nitrogens with one attached hydrogen (secondary N) is 1. The van der Waals surface area contributed by atoms with Crippen LogP contribution in [0.2, 0.25) is 0 Å². The van der Waals surface area contributed by atoms with Crippen molar-refractivity contribution >= 4 is 16.9 Å². The van der Waals surface area contributed by atoms with Gasteiger partial charge in [-0.15, -0.1) is 0 Å². The summed E-state index contributed by atoms with van der Waals surface area (Å²) in [5.74, 6) is -0.474. The first-order chi connectivity index (χ1) is 9.13. The van der Waals surface area contributed by atoms with Crippen molar-refractivity contribution in [2.45, 2.75) is 25.4 Å². The Kier molecular flexibility index (Phi) is 2.80. The quantitative estimate of drug-likeness (QED) is 0.796. The van der Waals surface area contributed by atoms with E-state index in [1.165, 1.54) is 7.11 Å². The number of hydrogen-bond donors (Lipinski definition) is 1. The lowest BCUT2D eigenvalue weighted by Crippen LogP contribution is -2.44. The van der Waals surface area contributed by atoms with Gasteiger partial charge < -0.3 is 20.0 Å². The molecule has 19 heavy (non-hydrogen) atoms. The van der Waals surface area contributed by atoms with Crippen LogP contribution in [0.3, 0.4) is 0 Å². The Morgan fingerprint density at radius 1 is 1.47 bits per heavy atom. The lowest BCUT2D eigenvalue weighted by atomic mass is 9.94. The zero-order valence-corrected chi connectivity index (χ0v) is 10.8. The number of carbonyl (C=O) groups is 1. The van der Waals surface area contributed by atoms with Crippen LogP contribution in [-0.2, 0) is 16.0 Å². The van der Waals surface area contributed by atoms with Crippen LogP contribution in [0.25, 0.3) is 10.9 Å². The molecule has 1 N–H and O–H groups in total. The van der Waals surface area contributed by atoms with Crippen LogP contribution in [-0.4, -0.2) is 29.2 Å². The van der Waals surface area contributed by atoms with Crippen LogP contribution in [0.1, 0.15) is 24.2 Å². The van der Waals surface area contributed by atoms with Crippen molar-refractivity contribution in [3.8, 4) is 0 Å². The highest BCUT2D eigenvalue weighted by molar-refractivity contribution is 5.87. The summed E-state index contributed by atoms with van der Waals surface area (Å²) in [6.07, 6.45) is 0.389. The number of aromatic nitrogens is 1. The predicted octanol–water partition coefficient (Wildman–Crippen LogP) is 2.13. The Morgan fingerprint density at radius 3 is 2.95 bits per heavy atom. The number of methoxy groups -OCH3 is 1. The van der Waals surface area contributed by atoms with Crippen molar-refractivity contribution in [1.82, 2.24) is 10.0 Å². The summed E-state index contributed by atoms with van der Waals surface area (Å²) in [6, 6.07) is 6.75. The Hall–Kier alpha value is -1.85. The molecule has 1 aliphatic rings. The van der Waals surface area contributed by atoms with Gasteiger partial charge in [-0.3, -0.25) is 4.79 Å². The second-order valence-corrected chi connectivity index (χ2v) is 4.84. The molecule has 0 aliphatic carbocycles. The van der Waals surface area contributed by atoms with Crippen LogP contribution >= 0.6 is 0 Å². The van der Waals surface area contributed by atoms with Crippen LogP contribution in [0.5, 0.6) is 0 Å². The molecule has 0 fully saturated rings. The van der Waals surface area contributed by atoms with E-state index in [1.807, 2.05) is 24.3 Å². The van der Waals surface area contributed by atoms with Crippen LogP contribution < -0.4 is 0 Å². The maximum absolute atomic E-state index is 12.2. The minimum atomic E-state index is -0.758. The van der Waals surface area contributed by atoms with Crippen LogP contribution in [0.4, 0.5) is 0 Å². The second kappa shape index (κ2) is 4.36. The molecule has 2 heterocycles. The van der Waals surface area contributed by atoms with Gasteiger partial charge in [0.2, 0.25) is 0 Å². The Balaban J connectivity index is 2.13. The lowest BCUT2D eigenvalue weighted by Gasteiger charge is -2.43. The van der Waals surface area contributed by atoms with Gasteiger partial charge in [-0.25, -0.2) is 0 Å². The third-order valence-electron chi connectivity index (χ3n) is 3.82. The minimum Gasteiger partial charge on any atom is -0.784 e. The highest BCUT2D eigenvalue weighted by Gasteiger charge is 2.33. The molecule has 2 aromatic rings. The zero-order valence-electron chi connectivity index (χ0n) is 10.8. The highest BCUT2D eigenvalue weighted by atomic mass is 16.5. The van der Waals surface area contributed by atoms with Gasteiger partial charge in [0.25, 0.3) is 0 Å². The van der Waals surface area contributed by atoms with Crippen LogP contribution in [0.15, 0.2) is 24.3 Å². The number of benzene rings is 1. The van der Waals surface area contributed by atoms with Crippen molar-refractivity contribution < 1.29 is 9.53 Å². The summed E-state index contributed by atoms with van der Waals surface area (Å²) < 4.78 is 4.72. The molecule has 3 rings (SSSR count). The Bertz CT molecular complexity index is 635. The molecule has 0 saturated heterocycles. The van der Waals surface area contributed by atoms with Gasteiger partial charge in [0.05, 0.1) is 7.11 Å². The van der Waals surface area contributed by atoms with E-state index < -0.39 is 12.0 Å². The molecule has 0 amide bonds. The van der Waals surface area contributed by atoms with Crippen molar-refractivity contribution in [3.05, 3.63) is 40.7 Å². The standard InChI is InChI=1S/C14H15N2O3/c1-8-13-10(7-12(16(8)18)14(17)19-2)9-5-3-4-6-11(9)15-13/h3-6,8,12,15H,7H2,1-2H3/q-1/t8-,12-/m0/s1. The molecular weight excluding hydrogens is 244 g/mol. The van der Waals surface area contributed by atoms with Gasteiger partial charge in [-0.2, -0.15) is 0 Å². The van der Waals surface area contributed by atoms with Crippen molar-refractivity contribution in [1.29, 1.82) is 0 Å². The summed E-state index contributed by atoms with van der Waals surface area (Å²) in [6.45, 7) is 1.80. The molecule has 2 atom stereocenters. The number of ether oxygens (including phenoxy) is 1. The molecule has 5 heteroatoms. The van der Waals surface area contributed by atoms with E-state index in [1.54, 1.807) is 6.92 Å². The molecule has 0 bridgehead atoms. The Morgan fingerprint density at radius 2 is 2.21 bits per heavy atom. The molecule has 1 aromatic heterocycles. The molecule has 0 saturated carbocycles. The fourth-order valence-electron chi connectivity index (χ4n) is 2.80. The van der Waals surface area contributed by atoms with E-state index in [0.29, 0.717) is 6.42 Å². The van der Waals surface area contributed by atoms with Crippen LogP contribution in [0, 0.1) is 5.21 Å². The predicted molar refractivity (Wildman–Crippen MR) is 71.4 cm³/mol. The molecule has 100 valence electrons. The van der Waals surface area contributed by atoms with Gasteiger partial charge in [-0.1, -0.05) is 18.2 Å². The fraction of sp³-hybridized carbons (Fsp3) is 0.357. The number of fused-ring (bicyclic) bond motifs is 3. The van der Waals surface area contributed by atoms with Gasteiger partial charge in [0, 0.05) is 29.1 Å². The van der Waals surface area contributed by atoms with Crippen molar-refractivity contribution in [3.63, 3.8) is 0 Å². The van der Waals surface area contributed by atoms with Gasteiger partial charge in [0.1, 0.15) is 6.04 Å². The van der Waals surface area contributed by atoms with E-state index in [4.69, 9.17) is 4.74 Å². The monoisotopic (exact) mass is 259 g/mol. The third kappa shape index (κ3) is 1.74. The van der Waals surface area contributed by atoms with Gasteiger partial charge >= 0.3 is 5.97 Å². The fourth-order valence-corrected chi connectivity index (χ4v) is 2.80. The average molecular weight is 259 g/mol. The number of hydroxylamine groups is 2. The summed E-state index contributed by atoms with van der Waals surface area (Å²) in [4.78, 5) is 15.0. The zero-order chi connectivity index (χ0) is 13.6. The second-order valence-electron chi connectivity index (χ2n) is 4.84. The molecule has 0 spiro atoms. The first-order valence-electron chi connectivity index (χ1n) is 6.26. The molecule has 0 unspecified atom stereocenters. The first kappa shape index (κ1) is 12.2. The number of para-hydroxylation sites is 1. The van der Waals surface area contributed by atoms with E-state index in [-0.39, 0.29) is 6.04 Å². The largest absolute Gasteiger partial charge is 0.784 e. The third-order valence-corrected chi connectivity index (χ3v) is 3.82. The smallest absolute Gasteiger partial charge is 0.322 e. The van der Waals surface area contributed by atoms with E-state index in [2.05, 4.69) is 4.98 Å². The van der Waals surface area contributed by atoms with Gasteiger partial charge in [0.15, 0.2) is 0 Å². The molecular formula is C14H15N2O3-. The maximum atomic E-state index is 12.2. The topological polar surface area (TPSA) is 68.4 Å². The Labute approximate surface area is 110 Å². The molecule has 0 radical (unpaired) electrons. The number of carbonyl (C=O) groups excluding carboxylic acids is 1. The number of rotatable bonds is 1. The van der Waals surface area contributed by atoms with E-state index in [0.717, 1.165) is 27.2 Å². The van der Waals surface area contributed by atoms with E-state index >= 15 is 0 Å². The average Bonchev–Trinajstić information content (AvgIpc) is 2.81. The maximum Gasteiger partial charge on any atom is 0.322 e. The molecule has 1 aliphatic heterocycles. The normalized spacial score (nSPS) is 23.3.